The van der Waals surface area contributed by atoms with Crippen LogP contribution in [-0.2, 0) is 16.6 Å². The summed E-state index contributed by atoms with van der Waals surface area (Å²) in [5.74, 6) is 0.749. The first-order valence-electron chi connectivity index (χ1n) is 7.84. The quantitative estimate of drug-likeness (QED) is 0.836. The van der Waals surface area contributed by atoms with Crippen LogP contribution in [0.4, 0.5) is 0 Å². The lowest BCUT2D eigenvalue weighted by Crippen LogP contribution is -2.31. The number of carboxylic acids is 1. The fourth-order valence-corrected chi connectivity index (χ4v) is 5.13. The highest BCUT2D eigenvalue weighted by molar-refractivity contribution is 7.89. The van der Waals surface area contributed by atoms with Crippen molar-refractivity contribution in [2.75, 3.05) is 6.54 Å². The SMILES string of the molecule is CCn1cc(S(=O)(=O)NCC2CC3CCC2C3)cc1C(=O)O. The molecule has 0 amide bonds. The van der Waals surface area contributed by atoms with E-state index >= 15 is 0 Å². The smallest absolute Gasteiger partial charge is 0.352 e. The zero-order valence-corrected chi connectivity index (χ0v) is 13.5. The second-order valence-electron chi connectivity index (χ2n) is 6.44. The lowest BCUT2D eigenvalue weighted by molar-refractivity contribution is 0.0685. The van der Waals surface area contributed by atoms with Gasteiger partial charge in [0.15, 0.2) is 0 Å². The van der Waals surface area contributed by atoms with E-state index in [9.17, 15) is 13.2 Å². The Balaban J connectivity index is 1.71. The Bertz CT molecular complexity index is 680. The Hall–Kier alpha value is -1.34. The Morgan fingerprint density at radius 1 is 1.41 bits per heavy atom. The average molecular weight is 326 g/mol. The number of hydrogen-bond acceptors (Lipinski definition) is 3. The second-order valence-corrected chi connectivity index (χ2v) is 8.21. The van der Waals surface area contributed by atoms with Gasteiger partial charge in [-0.3, -0.25) is 0 Å². The summed E-state index contributed by atoms with van der Waals surface area (Å²) < 4.78 is 28.9. The standard InChI is InChI=1S/C15H22N2O4S/c1-2-17-9-13(7-14(17)15(18)19)22(20,21)16-8-12-6-10-3-4-11(12)5-10/h7,9-12,16H,2-6,8H2,1H3,(H,18,19). The normalized spacial score (nSPS) is 27.4. The van der Waals surface area contributed by atoms with Crippen LogP contribution in [0.3, 0.4) is 0 Å². The molecule has 2 fully saturated rings. The molecule has 2 saturated carbocycles. The van der Waals surface area contributed by atoms with Gasteiger partial charge in [-0.05, 0) is 50.0 Å². The Labute approximate surface area is 130 Å². The molecule has 3 atom stereocenters. The van der Waals surface area contributed by atoms with Crippen LogP contribution in [0.2, 0.25) is 0 Å². The van der Waals surface area contributed by atoms with E-state index in [4.69, 9.17) is 5.11 Å². The monoisotopic (exact) mass is 326 g/mol. The molecule has 3 unspecified atom stereocenters. The zero-order valence-electron chi connectivity index (χ0n) is 12.7. The molecule has 2 aliphatic rings. The van der Waals surface area contributed by atoms with Gasteiger partial charge in [-0.25, -0.2) is 17.9 Å². The molecule has 0 saturated heterocycles. The Morgan fingerprint density at radius 3 is 2.68 bits per heavy atom. The minimum atomic E-state index is -3.64. The van der Waals surface area contributed by atoms with Gasteiger partial charge in [0.25, 0.3) is 0 Å². The van der Waals surface area contributed by atoms with Crippen LogP contribution in [-0.4, -0.2) is 30.6 Å². The maximum Gasteiger partial charge on any atom is 0.352 e. The number of aromatic nitrogens is 1. The van der Waals surface area contributed by atoms with Crippen LogP contribution in [0.5, 0.6) is 0 Å². The maximum absolute atomic E-state index is 12.4. The van der Waals surface area contributed by atoms with E-state index in [2.05, 4.69) is 4.72 Å². The first-order valence-corrected chi connectivity index (χ1v) is 9.32. The summed E-state index contributed by atoms with van der Waals surface area (Å²) in [4.78, 5) is 11.2. The summed E-state index contributed by atoms with van der Waals surface area (Å²) >= 11 is 0. The van der Waals surface area contributed by atoms with E-state index in [1.807, 2.05) is 0 Å². The molecule has 1 aromatic rings. The van der Waals surface area contributed by atoms with E-state index in [1.165, 1.54) is 36.1 Å². The molecule has 0 spiro atoms. The van der Waals surface area contributed by atoms with Crippen molar-refractivity contribution in [2.24, 2.45) is 17.8 Å². The Kier molecular flexibility index (Phi) is 4.03. The van der Waals surface area contributed by atoms with Gasteiger partial charge in [0.1, 0.15) is 10.6 Å². The van der Waals surface area contributed by atoms with Gasteiger partial charge in [0.05, 0.1) is 0 Å². The molecule has 1 heterocycles. The molecular weight excluding hydrogens is 304 g/mol. The summed E-state index contributed by atoms with van der Waals surface area (Å²) in [6, 6.07) is 1.23. The van der Waals surface area contributed by atoms with E-state index in [0.717, 1.165) is 12.3 Å². The number of aromatic carboxylic acids is 1. The highest BCUT2D eigenvalue weighted by Gasteiger charge is 2.39. The molecule has 7 heteroatoms. The Morgan fingerprint density at radius 2 is 2.18 bits per heavy atom. The van der Waals surface area contributed by atoms with E-state index in [-0.39, 0.29) is 10.6 Å². The number of rotatable bonds is 6. The van der Waals surface area contributed by atoms with E-state index < -0.39 is 16.0 Å². The van der Waals surface area contributed by atoms with Crippen LogP contribution in [0.15, 0.2) is 17.2 Å². The van der Waals surface area contributed by atoms with Gasteiger partial charge < -0.3 is 9.67 Å². The van der Waals surface area contributed by atoms with Crippen LogP contribution in [0.1, 0.15) is 43.1 Å². The third-order valence-corrected chi connectivity index (χ3v) is 6.55. The number of sulfonamides is 1. The van der Waals surface area contributed by atoms with Crippen molar-refractivity contribution in [2.45, 2.75) is 44.0 Å². The number of carboxylic acid groups (broad SMARTS) is 1. The highest BCUT2D eigenvalue weighted by atomic mass is 32.2. The highest BCUT2D eigenvalue weighted by Crippen LogP contribution is 2.48. The summed E-state index contributed by atoms with van der Waals surface area (Å²) in [6.07, 6.45) is 6.25. The largest absolute Gasteiger partial charge is 0.477 e. The van der Waals surface area contributed by atoms with Crippen molar-refractivity contribution >= 4 is 16.0 Å². The topological polar surface area (TPSA) is 88.4 Å². The molecule has 2 N–H and O–H groups in total. The van der Waals surface area contributed by atoms with Crippen LogP contribution < -0.4 is 4.72 Å². The van der Waals surface area contributed by atoms with Gasteiger partial charge >= 0.3 is 5.97 Å². The minimum Gasteiger partial charge on any atom is -0.477 e. The minimum absolute atomic E-state index is 0.00259. The number of fused-ring (bicyclic) bond motifs is 2. The molecule has 6 nitrogen and oxygen atoms in total. The molecule has 2 aliphatic carbocycles. The number of nitrogens with zero attached hydrogens (tertiary/aromatic N) is 1. The third-order valence-electron chi connectivity index (χ3n) is 5.16. The van der Waals surface area contributed by atoms with Crippen molar-refractivity contribution < 1.29 is 18.3 Å². The molecule has 22 heavy (non-hydrogen) atoms. The zero-order chi connectivity index (χ0) is 15.9. The predicted molar refractivity (Wildman–Crippen MR) is 81.2 cm³/mol. The number of aryl methyl sites for hydroxylation is 1. The van der Waals surface area contributed by atoms with Crippen LogP contribution in [0, 0.1) is 17.8 Å². The van der Waals surface area contributed by atoms with Crippen molar-refractivity contribution in [3.05, 3.63) is 18.0 Å². The van der Waals surface area contributed by atoms with Gasteiger partial charge in [-0.1, -0.05) is 6.42 Å². The first-order chi connectivity index (χ1) is 10.4. The van der Waals surface area contributed by atoms with Gasteiger partial charge in [-0.2, -0.15) is 0 Å². The molecular formula is C15H22N2O4S. The van der Waals surface area contributed by atoms with Crippen molar-refractivity contribution in [1.29, 1.82) is 0 Å². The predicted octanol–water partition coefficient (Wildman–Crippen LogP) is 1.92. The van der Waals surface area contributed by atoms with Crippen molar-refractivity contribution in [3.63, 3.8) is 0 Å². The van der Waals surface area contributed by atoms with Crippen LogP contribution in [0.25, 0.3) is 0 Å². The summed E-state index contributed by atoms with van der Waals surface area (Å²) in [7, 11) is -3.64. The third kappa shape index (κ3) is 2.79. The second kappa shape index (κ2) is 5.70. The molecule has 0 aliphatic heterocycles. The average Bonchev–Trinajstić information content (AvgIpc) is 3.18. The van der Waals surface area contributed by atoms with Crippen LogP contribution >= 0.6 is 0 Å². The van der Waals surface area contributed by atoms with Gasteiger partial charge in [0.2, 0.25) is 10.0 Å². The fraction of sp³-hybridized carbons (Fsp3) is 0.667. The van der Waals surface area contributed by atoms with Crippen molar-refractivity contribution in [3.8, 4) is 0 Å². The van der Waals surface area contributed by atoms with E-state index in [1.54, 1.807) is 6.92 Å². The van der Waals surface area contributed by atoms with Gasteiger partial charge in [-0.15, -0.1) is 0 Å². The molecule has 122 valence electrons. The lowest BCUT2D eigenvalue weighted by atomic mass is 9.89. The van der Waals surface area contributed by atoms with Gasteiger partial charge in [0, 0.05) is 19.3 Å². The number of nitrogens with one attached hydrogen (secondary N) is 1. The molecule has 0 radical (unpaired) electrons. The molecule has 1 aromatic heterocycles. The maximum atomic E-state index is 12.4. The first kappa shape index (κ1) is 15.6. The molecule has 3 rings (SSSR count). The summed E-state index contributed by atoms with van der Waals surface area (Å²) in [5.41, 5.74) is 0.00259. The van der Waals surface area contributed by atoms with E-state index in [0.29, 0.717) is 24.9 Å². The molecule has 2 bridgehead atoms. The van der Waals surface area contributed by atoms with Crippen molar-refractivity contribution in [1.82, 2.24) is 9.29 Å². The number of carbonyl (C=O) groups is 1. The summed E-state index contributed by atoms with van der Waals surface area (Å²) in [6.45, 7) is 2.66. The molecule has 0 aromatic carbocycles. The number of hydrogen-bond donors (Lipinski definition) is 2. The lowest BCUT2D eigenvalue weighted by Gasteiger charge is -2.21. The fourth-order valence-electron chi connectivity index (χ4n) is 4.00. The summed E-state index contributed by atoms with van der Waals surface area (Å²) in [5, 5.41) is 9.11.